The summed E-state index contributed by atoms with van der Waals surface area (Å²) in [6.45, 7) is 5.04. The Bertz CT molecular complexity index is 1180. The van der Waals surface area contributed by atoms with Gasteiger partial charge in [-0.25, -0.2) is 8.78 Å². The Morgan fingerprint density at radius 2 is 1.85 bits per heavy atom. The van der Waals surface area contributed by atoms with Crippen LogP contribution in [0.25, 0.3) is 0 Å². The van der Waals surface area contributed by atoms with Crippen LogP contribution in [0.15, 0.2) is 29.7 Å². The number of nitrogens with two attached hydrogens (primary N) is 1. The average molecular weight is 481 g/mol. The van der Waals surface area contributed by atoms with E-state index in [1.165, 1.54) is 11.0 Å². The molecule has 2 aliphatic heterocycles. The second-order valence-corrected chi connectivity index (χ2v) is 9.05. The molecule has 1 atom stereocenters. The number of ether oxygens (including phenoxy) is 1. The van der Waals surface area contributed by atoms with Crippen LogP contribution in [-0.2, 0) is 11.6 Å². The zero-order valence-corrected chi connectivity index (χ0v) is 18.9. The monoisotopic (exact) mass is 481 g/mol. The molecular formula is C23H24F5N5O. The van der Waals surface area contributed by atoms with Crippen LogP contribution in [0.5, 0.6) is 5.88 Å². The Morgan fingerprint density at radius 1 is 1.21 bits per heavy atom. The van der Waals surface area contributed by atoms with Crippen molar-refractivity contribution in [1.82, 2.24) is 10.2 Å². The summed E-state index contributed by atoms with van der Waals surface area (Å²) in [6, 6.07) is 5.53. The number of anilines is 1. The molecule has 3 N–H and O–H groups in total. The maximum atomic E-state index is 14.0. The lowest BCUT2D eigenvalue weighted by molar-refractivity contribution is -0.137. The number of benzene rings is 1. The quantitative estimate of drug-likeness (QED) is 0.602. The Balaban J connectivity index is 2.01. The van der Waals surface area contributed by atoms with Gasteiger partial charge in [-0.2, -0.15) is 18.4 Å². The van der Waals surface area contributed by atoms with E-state index in [0.29, 0.717) is 11.3 Å². The van der Waals surface area contributed by atoms with E-state index in [0.717, 1.165) is 12.1 Å². The smallest absolute Gasteiger partial charge is 0.416 e. The van der Waals surface area contributed by atoms with Crippen LogP contribution < -0.4 is 15.4 Å². The molecule has 2 aliphatic rings. The molecule has 0 saturated carbocycles. The van der Waals surface area contributed by atoms with Gasteiger partial charge in [-0.1, -0.05) is 13.8 Å². The van der Waals surface area contributed by atoms with Crippen LogP contribution in [0.4, 0.5) is 27.6 Å². The van der Waals surface area contributed by atoms with Crippen LogP contribution in [0.1, 0.15) is 49.1 Å². The number of alkyl halides is 5. The lowest BCUT2D eigenvalue weighted by atomic mass is 9.61. The Labute approximate surface area is 193 Å². The van der Waals surface area contributed by atoms with E-state index in [9.17, 15) is 27.2 Å². The third kappa shape index (κ3) is 3.65. The van der Waals surface area contributed by atoms with Gasteiger partial charge >= 0.3 is 6.18 Å². The summed E-state index contributed by atoms with van der Waals surface area (Å²) in [5, 5.41) is 16.9. The predicted octanol–water partition coefficient (Wildman–Crippen LogP) is 5.00. The first-order chi connectivity index (χ1) is 15.8. The molecule has 1 unspecified atom stereocenters. The lowest BCUT2D eigenvalue weighted by Gasteiger charge is -2.42. The molecule has 182 valence electrons. The molecule has 2 aromatic rings. The fourth-order valence-corrected chi connectivity index (χ4v) is 5.04. The van der Waals surface area contributed by atoms with Gasteiger partial charge in [0, 0.05) is 37.3 Å². The Kier molecular flexibility index (Phi) is 5.54. The van der Waals surface area contributed by atoms with Crippen molar-refractivity contribution < 1.29 is 26.7 Å². The summed E-state index contributed by atoms with van der Waals surface area (Å²) in [6.07, 6.45) is -5.61. The summed E-state index contributed by atoms with van der Waals surface area (Å²) in [5.41, 5.74) is 4.94. The molecule has 0 bridgehead atoms. The number of fused-ring (bicyclic) bond motifs is 1. The van der Waals surface area contributed by atoms with Gasteiger partial charge in [-0.05, 0) is 36.6 Å². The van der Waals surface area contributed by atoms with Gasteiger partial charge in [0.1, 0.15) is 11.6 Å². The van der Waals surface area contributed by atoms with Gasteiger partial charge in [0.05, 0.1) is 16.5 Å². The van der Waals surface area contributed by atoms with Crippen molar-refractivity contribution in [3.05, 3.63) is 52.0 Å². The fraction of sp³-hybridized carbons (Fsp3) is 0.478. The number of nitriles is 1. The van der Waals surface area contributed by atoms with Crippen molar-refractivity contribution in [2.75, 3.05) is 18.0 Å². The summed E-state index contributed by atoms with van der Waals surface area (Å²) in [7, 11) is 0. The minimum Gasteiger partial charge on any atom is -0.420 e. The number of aryl methyl sites for hydroxylation is 1. The van der Waals surface area contributed by atoms with Crippen molar-refractivity contribution in [3.63, 3.8) is 0 Å². The molecule has 0 spiro atoms. The number of nitrogens with one attached hydrogen (secondary N) is 1. The molecule has 0 amide bonds. The van der Waals surface area contributed by atoms with E-state index < -0.39 is 41.8 Å². The third-order valence-electron chi connectivity index (χ3n) is 6.69. The number of aromatic nitrogens is 2. The number of rotatable bonds is 3. The molecule has 1 saturated heterocycles. The third-order valence-corrected chi connectivity index (χ3v) is 6.69. The Morgan fingerprint density at radius 3 is 2.41 bits per heavy atom. The molecule has 0 aliphatic carbocycles. The summed E-state index contributed by atoms with van der Waals surface area (Å²) in [4.78, 5) is 1.52. The number of hydrogen-bond donors (Lipinski definition) is 2. The number of hydrogen-bond acceptors (Lipinski definition) is 5. The first-order valence-corrected chi connectivity index (χ1v) is 10.8. The largest absolute Gasteiger partial charge is 0.420 e. The highest BCUT2D eigenvalue weighted by molar-refractivity contribution is 5.65. The van der Waals surface area contributed by atoms with Gasteiger partial charge in [0.2, 0.25) is 11.8 Å². The minimum atomic E-state index is -4.70. The molecule has 4 rings (SSSR count). The number of allylic oxidation sites excluding steroid dienone is 1. The van der Waals surface area contributed by atoms with Crippen LogP contribution >= 0.6 is 0 Å². The second kappa shape index (κ2) is 7.89. The van der Waals surface area contributed by atoms with Gasteiger partial charge in [-0.15, -0.1) is 5.10 Å². The Hall–Kier alpha value is -3.29. The van der Waals surface area contributed by atoms with Crippen molar-refractivity contribution in [2.24, 2.45) is 11.7 Å². The highest BCUT2D eigenvalue weighted by atomic mass is 19.4. The maximum Gasteiger partial charge on any atom is 0.416 e. The van der Waals surface area contributed by atoms with Crippen molar-refractivity contribution in [2.45, 2.75) is 51.1 Å². The van der Waals surface area contributed by atoms with Crippen molar-refractivity contribution >= 4 is 5.69 Å². The summed E-state index contributed by atoms with van der Waals surface area (Å²) >= 11 is 0. The molecule has 34 heavy (non-hydrogen) atoms. The molecule has 0 radical (unpaired) electrons. The highest BCUT2D eigenvalue weighted by Crippen LogP contribution is 2.53. The molecule has 1 fully saturated rings. The second-order valence-electron chi connectivity index (χ2n) is 9.05. The van der Waals surface area contributed by atoms with E-state index >= 15 is 0 Å². The number of nitrogens with zero attached hydrogens (tertiary/aromatic N) is 3. The van der Waals surface area contributed by atoms with Crippen molar-refractivity contribution in [3.8, 4) is 11.9 Å². The first kappa shape index (κ1) is 23.9. The standard InChI is InChI=1S/C23H24F5N5O/c1-12(2)22(17(11-29)19(30)34-20-18(22)13(3)31-32-20)14-8-15(23(26,27)28)10-16(9-14)33-6-4-21(24,25)5-7-33/h8-10,12H,4-7,30H2,1-3H3,(H,31,32). The van der Waals surface area contributed by atoms with Crippen LogP contribution in [0, 0.1) is 24.2 Å². The summed E-state index contributed by atoms with van der Waals surface area (Å²) < 4.78 is 75.0. The minimum absolute atomic E-state index is 0.0325. The maximum absolute atomic E-state index is 14.0. The zero-order valence-electron chi connectivity index (χ0n) is 18.9. The first-order valence-electron chi connectivity index (χ1n) is 10.8. The molecule has 1 aromatic carbocycles. The zero-order chi connectivity index (χ0) is 25.1. The van der Waals surface area contributed by atoms with E-state index in [4.69, 9.17) is 10.5 Å². The van der Waals surface area contributed by atoms with Crippen molar-refractivity contribution in [1.29, 1.82) is 5.26 Å². The number of halogens is 5. The normalized spacial score (nSPS) is 22.4. The van der Waals surface area contributed by atoms with Gasteiger partial charge in [-0.3, -0.25) is 5.10 Å². The van der Waals surface area contributed by atoms with E-state index in [-0.39, 0.29) is 41.7 Å². The number of piperidine rings is 1. The molecule has 6 nitrogen and oxygen atoms in total. The molecule has 1 aromatic heterocycles. The topological polar surface area (TPSA) is 91.0 Å². The van der Waals surface area contributed by atoms with Crippen LogP contribution in [0.2, 0.25) is 0 Å². The lowest BCUT2D eigenvalue weighted by Crippen LogP contribution is -2.42. The van der Waals surface area contributed by atoms with E-state index in [2.05, 4.69) is 10.2 Å². The van der Waals surface area contributed by atoms with Crippen LogP contribution in [0.3, 0.4) is 0 Å². The van der Waals surface area contributed by atoms with E-state index in [1.54, 1.807) is 20.8 Å². The molecular weight excluding hydrogens is 457 g/mol. The molecule has 11 heteroatoms. The van der Waals surface area contributed by atoms with Crippen LogP contribution in [-0.4, -0.2) is 29.2 Å². The van der Waals surface area contributed by atoms with Gasteiger partial charge in [0.15, 0.2) is 0 Å². The fourth-order valence-electron chi connectivity index (χ4n) is 5.04. The number of H-pyrrole nitrogens is 1. The highest BCUT2D eigenvalue weighted by Gasteiger charge is 2.51. The summed E-state index contributed by atoms with van der Waals surface area (Å²) in [5.74, 6) is -3.46. The average Bonchev–Trinajstić information content (AvgIpc) is 3.11. The SMILES string of the molecule is Cc1[nH]nc2c1C(c1cc(N3CCC(F)(F)CC3)cc(C(F)(F)F)c1)(C(C)C)C(C#N)=C(N)O2. The van der Waals surface area contributed by atoms with E-state index in [1.807, 2.05) is 6.07 Å². The van der Waals surface area contributed by atoms with Gasteiger partial charge < -0.3 is 15.4 Å². The van der Waals surface area contributed by atoms with Gasteiger partial charge in [0.25, 0.3) is 5.92 Å². The molecule has 3 heterocycles. The predicted molar refractivity (Wildman–Crippen MR) is 114 cm³/mol. The number of aromatic amines is 1.